The zero-order valence-electron chi connectivity index (χ0n) is 14.1. The smallest absolute Gasteiger partial charge is 0.222 e. The summed E-state index contributed by atoms with van der Waals surface area (Å²) in [5.41, 5.74) is 0. The summed E-state index contributed by atoms with van der Waals surface area (Å²) in [4.78, 5) is 17.2. The predicted molar refractivity (Wildman–Crippen MR) is 93.4 cm³/mol. The van der Waals surface area contributed by atoms with Gasteiger partial charge in [-0.15, -0.1) is 11.6 Å². The maximum atomic E-state index is 12.6. The third-order valence-electron chi connectivity index (χ3n) is 5.22. The number of unbranched alkanes of at least 4 members (excludes halogenated alkanes) is 1. The van der Waals surface area contributed by atoms with Crippen molar-refractivity contribution in [3.05, 3.63) is 0 Å². The minimum absolute atomic E-state index is 0.356. The molecular formula is C18H33ClN2O. The van der Waals surface area contributed by atoms with Gasteiger partial charge in [0.05, 0.1) is 0 Å². The van der Waals surface area contributed by atoms with Crippen LogP contribution in [0.4, 0.5) is 0 Å². The first-order valence-corrected chi connectivity index (χ1v) is 9.89. The minimum atomic E-state index is 0.356. The average molecular weight is 329 g/mol. The van der Waals surface area contributed by atoms with E-state index in [-0.39, 0.29) is 0 Å². The standard InChI is InChI=1S/C18H33ClN2O/c19-11-5-4-10-18(22)21(15-14-20-12-6-7-13-20)16-17-8-2-1-3-9-17/h17H,1-16H2. The van der Waals surface area contributed by atoms with E-state index in [2.05, 4.69) is 9.80 Å². The van der Waals surface area contributed by atoms with E-state index in [0.29, 0.717) is 18.2 Å². The van der Waals surface area contributed by atoms with Crippen molar-refractivity contribution in [3.8, 4) is 0 Å². The van der Waals surface area contributed by atoms with Gasteiger partial charge < -0.3 is 9.80 Å². The zero-order valence-corrected chi connectivity index (χ0v) is 14.8. The Morgan fingerprint density at radius 1 is 1.05 bits per heavy atom. The van der Waals surface area contributed by atoms with E-state index in [1.165, 1.54) is 58.0 Å². The van der Waals surface area contributed by atoms with Crippen molar-refractivity contribution >= 4 is 17.5 Å². The predicted octanol–water partition coefficient (Wildman–Crippen LogP) is 3.90. The second-order valence-corrected chi connectivity index (χ2v) is 7.42. The second kappa shape index (κ2) is 10.5. The molecule has 1 saturated heterocycles. The second-order valence-electron chi connectivity index (χ2n) is 7.04. The number of amides is 1. The van der Waals surface area contributed by atoms with Gasteiger partial charge in [-0.3, -0.25) is 4.79 Å². The summed E-state index contributed by atoms with van der Waals surface area (Å²) in [6, 6.07) is 0. The average Bonchev–Trinajstić information content (AvgIpc) is 3.06. The molecule has 0 aromatic carbocycles. The molecule has 4 heteroatoms. The largest absolute Gasteiger partial charge is 0.341 e. The van der Waals surface area contributed by atoms with Crippen LogP contribution in [0.3, 0.4) is 0 Å². The molecule has 0 bridgehead atoms. The maximum Gasteiger partial charge on any atom is 0.222 e. The van der Waals surface area contributed by atoms with Gasteiger partial charge >= 0.3 is 0 Å². The Kier molecular flexibility index (Phi) is 8.61. The molecule has 0 spiro atoms. The van der Waals surface area contributed by atoms with Gasteiger partial charge in [0.15, 0.2) is 0 Å². The van der Waals surface area contributed by atoms with E-state index in [4.69, 9.17) is 11.6 Å². The van der Waals surface area contributed by atoms with Crippen molar-refractivity contribution in [2.75, 3.05) is 38.6 Å². The van der Waals surface area contributed by atoms with Crippen molar-refractivity contribution in [2.24, 2.45) is 5.92 Å². The molecule has 128 valence electrons. The Labute approximate surface area is 141 Å². The molecule has 2 fully saturated rings. The summed E-state index contributed by atoms with van der Waals surface area (Å²) in [5, 5.41) is 0. The molecule has 0 N–H and O–H groups in total. The third-order valence-corrected chi connectivity index (χ3v) is 5.48. The van der Waals surface area contributed by atoms with Crippen LogP contribution >= 0.6 is 11.6 Å². The topological polar surface area (TPSA) is 23.6 Å². The number of halogens is 1. The molecule has 2 aliphatic rings. The molecule has 2 rings (SSSR count). The molecule has 3 nitrogen and oxygen atoms in total. The molecule has 1 amide bonds. The highest BCUT2D eigenvalue weighted by molar-refractivity contribution is 6.17. The van der Waals surface area contributed by atoms with Crippen LogP contribution in [0.2, 0.25) is 0 Å². The highest BCUT2D eigenvalue weighted by Crippen LogP contribution is 2.24. The fourth-order valence-corrected chi connectivity index (χ4v) is 3.99. The van der Waals surface area contributed by atoms with Crippen LogP contribution in [0.5, 0.6) is 0 Å². The number of nitrogens with zero attached hydrogens (tertiary/aromatic N) is 2. The number of rotatable bonds is 9. The summed E-state index contributed by atoms with van der Waals surface area (Å²) in [7, 11) is 0. The highest BCUT2D eigenvalue weighted by atomic mass is 35.5. The first kappa shape index (κ1) is 18.1. The van der Waals surface area contributed by atoms with E-state index in [1.807, 2.05) is 0 Å². The molecular weight excluding hydrogens is 296 g/mol. The third kappa shape index (κ3) is 6.45. The lowest BCUT2D eigenvalue weighted by Gasteiger charge is -2.31. The Bertz CT molecular complexity index is 312. The van der Waals surface area contributed by atoms with Gasteiger partial charge in [-0.1, -0.05) is 19.3 Å². The van der Waals surface area contributed by atoms with E-state index in [0.717, 1.165) is 38.4 Å². The molecule has 1 aliphatic heterocycles. The Hall–Kier alpha value is -0.280. The molecule has 0 unspecified atom stereocenters. The number of likely N-dealkylation sites (tertiary alicyclic amines) is 1. The van der Waals surface area contributed by atoms with Crippen molar-refractivity contribution in [2.45, 2.75) is 64.2 Å². The number of hydrogen-bond donors (Lipinski definition) is 0. The van der Waals surface area contributed by atoms with Gasteiger partial charge in [0.25, 0.3) is 0 Å². The summed E-state index contributed by atoms with van der Waals surface area (Å²) in [6.07, 6.45) is 11.9. The van der Waals surface area contributed by atoms with Gasteiger partial charge in [0.2, 0.25) is 5.91 Å². The molecule has 1 heterocycles. The lowest BCUT2D eigenvalue weighted by molar-refractivity contribution is -0.132. The fourth-order valence-electron chi connectivity index (χ4n) is 3.80. The van der Waals surface area contributed by atoms with Crippen molar-refractivity contribution < 1.29 is 4.79 Å². The van der Waals surface area contributed by atoms with Crippen LogP contribution in [0.1, 0.15) is 64.2 Å². The quantitative estimate of drug-likeness (QED) is 0.473. The van der Waals surface area contributed by atoms with Gasteiger partial charge in [-0.05, 0) is 57.5 Å². The maximum absolute atomic E-state index is 12.6. The van der Waals surface area contributed by atoms with Crippen LogP contribution in [0.15, 0.2) is 0 Å². The minimum Gasteiger partial charge on any atom is -0.341 e. The van der Waals surface area contributed by atoms with Crippen LogP contribution in [0.25, 0.3) is 0 Å². The van der Waals surface area contributed by atoms with Crippen LogP contribution in [-0.2, 0) is 4.79 Å². The van der Waals surface area contributed by atoms with E-state index < -0.39 is 0 Å². The van der Waals surface area contributed by atoms with E-state index in [1.54, 1.807) is 0 Å². The van der Waals surface area contributed by atoms with Crippen molar-refractivity contribution in [1.82, 2.24) is 9.80 Å². The summed E-state index contributed by atoms with van der Waals surface area (Å²) in [5.74, 6) is 1.77. The van der Waals surface area contributed by atoms with Crippen molar-refractivity contribution in [1.29, 1.82) is 0 Å². The highest BCUT2D eigenvalue weighted by Gasteiger charge is 2.21. The summed E-state index contributed by atoms with van der Waals surface area (Å²) >= 11 is 5.74. The van der Waals surface area contributed by atoms with E-state index in [9.17, 15) is 4.79 Å². The molecule has 1 saturated carbocycles. The lowest BCUT2D eigenvalue weighted by atomic mass is 9.89. The Morgan fingerprint density at radius 2 is 1.77 bits per heavy atom. The first-order chi connectivity index (χ1) is 10.8. The van der Waals surface area contributed by atoms with Crippen molar-refractivity contribution in [3.63, 3.8) is 0 Å². The Morgan fingerprint density at radius 3 is 2.45 bits per heavy atom. The fraction of sp³-hybridized carbons (Fsp3) is 0.944. The molecule has 0 atom stereocenters. The lowest BCUT2D eigenvalue weighted by Crippen LogP contribution is -2.41. The SMILES string of the molecule is O=C(CCCCCl)N(CCN1CCCC1)CC1CCCCC1. The van der Waals surface area contributed by atoms with Crippen LogP contribution in [0, 0.1) is 5.92 Å². The van der Waals surface area contributed by atoms with Crippen LogP contribution in [-0.4, -0.2) is 54.3 Å². The van der Waals surface area contributed by atoms with E-state index >= 15 is 0 Å². The molecule has 0 aromatic rings. The summed E-state index contributed by atoms with van der Waals surface area (Å²) in [6.45, 7) is 5.42. The number of hydrogen-bond acceptors (Lipinski definition) is 2. The molecule has 22 heavy (non-hydrogen) atoms. The normalized spacial score (nSPS) is 20.4. The Balaban J connectivity index is 1.79. The monoisotopic (exact) mass is 328 g/mol. The molecule has 1 aliphatic carbocycles. The number of carbonyl (C=O) groups excluding carboxylic acids is 1. The van der Waals surface area contributed by atoms with Gasteiger partial charge in [0.1, 0.15) is 0 Å². The summed E-state index contributed by atoms with van der Waals surface area (Å²) < 4.78 is 0. The van der Waals surface area contributed by atoms with Crippen LogP contribution < -0.4 is 0 Å². The number of carbonyl (C=O) groups is 1. The van der Waals surface area contributed by atoms with Gasteiger partial charge in [0, 0.05) is 31.9 Å². The first-order valence-electron chi connectivity index (χ1n) is 9.35. The molecule has 0 radical (unpaired) electrons. The van der Waals surface area contributed by atoms with Gasteiger partial charge in [-0.25, -0.2) is 0 Å². The number of alkyl halides is 1. The van der Waals surface area contributed by atoms with Gasteiger partial charge in [-0.2, -0.15) is 0 Å². The zero-order chi connectivity index (χ0) is 15.6. The molecule has 0 aromatic heterocycles.